The summed E-state index contributed by atoms with van der Waals surface area (Å²) >= 11 is 0. The SMILES string of the molecule is CCCCCCC(CCCCCC)(c1ccccc1O)C(C)C. The van der Waals surface area contributed by atoms with Crippen molar-refractivity contribution in [3.05, 3.63) is 29.8 Å². The molecule has 0 amide bonds. The van der Waals surface area contributed by atoms with Gasteiger partial charge in [-0.2, -0.15) is 0 Å². The number of aromatic hydroxyl groups is 1. The van der Waals surface area contributed by atoms with Crippen molar-refractivity contribution < 1.29 is 5.11 Å². The third kappa shape index (κ3) is 5.86. The molecule has 132 valence electrons. The fraction of sp³-hybridized carbons (Fsp3) is 0.727. The van der Waals surface area contributed by atoms with Gasteiger partial charge in [-0.1, -0.05) is 97.3 Å². The maximum Gasteiger partial charge on any atom is 0.119 e. The lowest BCUT2D eigenvalue weighted by Gasteiger charge is -2.39. The number of para-hydroxylation sites is 1. The van der Waals surface area contributed by atoms with E-state index >= 15 is 0 Å². The molecular weight excluding hydrogens is 280 g/mol. The first-order valence-electron chi connectivity index (χ1n) is 9.87. The highest BCUT2D eigenvalue weighted by Gasteiger charge is 2.36. The number of unbranched alkanes of at least 4 members (excludes halogenated alkanes) is 6. The summed E-state index contributed by atoms with van der Waals surface area (Å²) in [7, 11) is 0. The molecule has 0 aliphatic heterocycles. The Kier molecular flexibility index (Phi) is 9.36. The van der Waals surface area contributed by atoms with Crippen LogP contribution < -0.4 is 0 Å². The summed E-state index contributed by atoms with van der Waals surface area (Å²) in [4.78, 5) is 0. The third-order valence-corrected chi connectivity index (χ3v) is 5.50. The lowest BCUT2D eigenvalue weighted by Crippen LogP contribution is -2.32. The van der Waals surface area contributed by atoms with Gasteiger partial charge in [-0.15, -0.1) is 0 Å². The zero-order valence-corrected chi connectivity index (χ0v) is 15.9. The van der Waals surface area contributed by atoms with E-state index < -0.39 is 0 Å². The van der Waals surface area contributed by atoms with Gasteiger partial charge >= 0.3 is 0 Å². The maximum atomic E-state index is 10.5. The zero-order chi connectivity index (χ0) is 17.1. The molecule has 0 bridgehead atoms. The highest BCUT2D eigenvalue weighted by molar-refractivity contribution is 5.39. The number of hydrogen-bond acceptors (Lipinski definition) is 1. The van der Waals surface area contributed by atoms with Crippen LogP contribution in [-0.2, 0) is 5.41 Å². The minimum atomic E-state index is 0.132. The summed E-state index contributed by atoms with van der Waals surface area (Å²) in [6.07, 6.45) is 12.8. The summed E-state index contributed by atoms with van der Waals surface area (Å²) in [6.45, 7) is 9.21. The van der Waals surface area contributed by atoms with E-state index in [0.717, 1.165) is 0 Å². The zero-order valence-electron chi connectivity index (χ0n) is 15.9. The van der Waals surface area contributed by atoms with E-state index in [0.29, 0.717) is 11.7 Å². The molecule has 1 rings (SSSR count). The van der Waals surface area contributed by atoms with Gasteiger partial charge in [0.2, 0.25) is 0 Å². The first-order valence-corrected chi connectivity index (χ1v) is 9.87. The largest absolute Gasteiger partial charge is 0.508 e. The van der Waals surface area contributed by atoms with E-state index in [1.54, 1.807) is 0 Å². The van der Waals surface area contributed by atoms with Gasteiger partial charge in [0.15, 0.2) is 0 Å². The van der Waals surface area contributed by atoms with E-state index in [4.69, 9.17) is 0 Å². The number of benzene rings is 1. The molecule has 1 aromatic rings. The number of rotatable bonds is 12. The molecule has 23 heavy (non-hydrogen) atoms. The van der Waals surface area contributed by atoms with E-state index in [1.807, 2.05) is 12.1 Å². The molecular formula is C22H38O. The smallest absolute Gasteiger partial charge is 0.119 e. The van der Waals surface area contributed by atoms with Crippen LogP contribution in [0.4, 0.5) is 0 Å². The minimum Gasteiger partial charge on any atom is -0.508 e. The van der Waals surface area contributed by atoms with Gasteiger partial charge < -0.3 is 5.11 Å². The van der Waals surface area contributed by atoms with E-state index in [2.05, 4.69) is 39.8 Å². The molecule has 0 saturated carbocycles. The summed E-state index contributed by atoms with van der Waals surface area (Å²) in [5, 5.41) is 10.5. The van der Waals surface area contributed by atoms with Gasteiger partial charge in [-0.05, 0) is 24.8 Å². The lowest BCUT2D eigenvalue weighted by atomic mass is 9.65. The van der Waals surface area contributed by atoms with Crippen molar-refractivity contribution in [2.24, 2.45) is 5.92 Å². The standard InChI is InChI=1S/C22H38O/c1-5-7-9-13-17-22(19(3)4,18-14-10-8-6-2)20-15-11-12-16-21(20)23/h11-12,15-16,19,23H,5-10,13-14,17-18H2,1-4H3. The van der Waals surface area contributed by atoms with Gasteiger partial charge in [0.1, 0.15) is 5.75 Å². The van der Waals surface area contributed by atoms with Gasteiger partial charge in [-0.25, -0.2) is 0 Å². The molecule has 1 heteroatoms. The van der Waals surface area contributed by atoms with Crippen LogP contribution in [0.3, 0.4) is 0 Å². The van der Waals surface area contributed by atoms with Gasteiger partial charge in [0.25, 0.3) is 0 Å². The van der Waals surface area contributed by atoms with Crippen molar-refractivity contribution in [2.45, 2.75) is 97.3 Å². The van der Waals surface area contributed by atoms with Crippen LogP contribution in [0, 0.1) is 5.92 Å². The summed E-state index contributed by atoms with van der Waals surface area (Å²) in [5.74, 6) is 1.05. The molecule has 0 aliphatic rings. The predicted molar refractivity (Wildman–Crippen MR) is 102 cm³/mol. The highest BCUT2D eigenvalue weighted by atomic mass is 16.3. The Morgan fingerprint density at radius 3 is 1.78 bits per heavy atom. The quantitative estimate of drug-likeness (QED) is 0.403. The number of phenols is 1. The van der Waals surface area contributed by atoms with E-state index in [-0.39, 0.29) is 5.41 Å². The predicted octanol–water partition coefficient (Wildman–Crippen LogP) is 7.23. The molecule has 0 heterocycles. The molecule has 0 unspecified atom stereocenters. The molecule has 0 atom stereocenters. The van der Waals surface area contributed by atoms with Gasteiger partial charge in [0.05, 0.1) is 0 Å². The Balaban J connectivity index is 2.96. The fourth-order valence-electron chi connectivity index (χ4n) is 3.91. The summed E-state index contributed by atoms with van der Waals surface area (Å²) in [5.41, 5.74) is 1.32. The molecule has 0 fully saturated rings. The molecule has 0 spiro atoms. The highest BCUT2D eigenvalue weighted by Crippen LogP contribution is 2.45. The van der Waals surface area contributed by atoms with Gasteiger partial charge in [0, 0.05) is 11.0 Å². The van der Waals surface area contributed by atoms with Crippen molar-refractivity contribution in [3.8, 4) is 5.75 Å². The van der Waals surface area contributed by atoms with Crippen LogP contribution in [0.15, 0.2) is 24.3 Å². The summed E-state index contributed by atoms with van der Waals surface area (Å²) in [6, 6.07) is 8.06. The van der Waals surface area contributed by atoms with Crippen molar-refractivity contribution in [3.63, 3.8) is 0 Å². The monoisotopic (exact) mass is 318 g/mol. The molecule has 0 aromatic heterocycles. The molecule has 0 saturated heterocycles. The first kappa shape index (κ1) is 20.1. The lowest BCUT2D eigenvalue weighted by molar-refractivity contribution is 0.238. The van der Waals surface area contributed by atoms with Crippen LogP contribution in [0.5, 0.6) is 5.75 Å². The van der Waals surface area contributed by atoms with Gasteiger partial charge in [-0.3, -0.25) is 0 Å². The molecule has 0 radical (unpaired) electrons. The average Bonchev–Trinajstić information content (AvgIpc) is 2.54. The second-order valence-corrected chi connectivity index (χ2v) is 7.45. The van der Waals surface area contributed by atoms with Crippen molar-refractivity contribution in [1.29, 1.82) is 0 Å². The summed E-state index contributed by atoms with van der Waals surface area (Å²) < 4.78 is 0. The molecule has 1 nitrogen and oxygen atoms in total. The Labute approximate surface area is 144 Å². The van der Waals surface area contributed by atoms with Crippen molar-refractivity contribution in [1.82, 2.24) is 0 Å². The second kappa shape index (κ2) is 10.7. The van der Waals surface area contributed by atoms with Crippen molar-refractivity contribution >= 4 is 0 Å². The van der Waals surface area contributed by atoms with Crippen LogP contribution in [-0.4, -0.2) is 5.11 Å². The molecule has 1 aromatic carbocycles. The third-order valence-electron chi connectivity index (χ3n) is 5.50. The van der Waals surface area contributed by atoms with E-state index in [1.165, 1.54) is 69.8 Å². The van der Waals surface area contributed by atoms with Crippen LogP contribution in [0.25, 0.3) is 0 Å². The Bertz CT molecular complexity index is 410. The fourth-order valence-corrected chi connectivity index (χ4v) is 3.91. The first-order chi connectivity index (χ1) is 11.1. The topological polar surface area (TPSA) is 20.2 Å². The van der Waals surface area contributed by atoms with Crippen LogP contribution in [0.1, 0.15) is 97.5 Å². The second-order valence-electron chi connectivity index (χ2n) is 7.45. The number of hydrogen-bond donors (Lipinski definition) is 1. The molecule has 0 aliphatic carbocycles. The Morgan fingerprint density at radius 2 is 1.35 bits per heavy atom. The van der Waals surface area contributed by atoms with Crippen LogP contribution >= 0.6 is 0 Å². The van der Waals surface area contributed by atoms with Crippen LogP contribution in [0.2, 0.25) is 0 Å². The Morgan fingerprint density at radius 1 is 0.826 bits per heavy atom. The van der Waals surface area contributed by atoms with Crippen molar-refractivity contribution in [2.75, 3.05) is 0 Å². The minimum absolute atomic E-state index is 0.132. The number of phenolic OH excluding ortho intramolecular Hbond substituents is 1. The van der Waals surface area contributed by atoms with E-state index in [9.17, 15) is 5.11 Å². The average molecular weight is 319 g/mol. The molecule has 1 N–H and O–H groups in total. The normalized spacial score (nSPS) is 12.0. The Hall–Kier alpha value is -0.980. The maximum absolute atomic E-state index is 10.5.